The molecule has 1 aliphatic carbocycles. The van der Waals surface area contributed by atoms with Gasteiger partial charge in [0.05, 0.1) is 6.61 Å². The van der Waals surface area contributed by atoms with E-state index in [9.17, 15) is 5.11 Å². The van der Waals surface area contributed by atoms with Gasteiger partial charge in [-0.25, -0.2) is 0 Å². The molecular formula is C21H25NO2. The molecule has 1 aliphatic heterocycles. The van der Waals surface area contributed by atoms with Crippen molar-refractivity contribution in [2.24, 2.45) is 0 Å². The molecule has 1 N–H and O–H groups in total. The number of nitrogens with zero attached hydrogens (tertiary/aromatic N) is 1. The van der Waals surface area contributed by atoms with Crippen LogP contribution in [-0.4, -0.2) is 29.7 Å². The predicted molar refractivity (Wildman–Crippen MR) is 96.7 cm³/mol. The van der Waals surface area contributed by atoms with Crippen LogP contribution in [0.5, 0.6) is 11.5 Å². The third-order valence-electron chi connectivity index (χ3n) is 5.37. The maximum atomic E-state index is 10.5. The van der Waals surface area contributed by atoms with Gasteiger partial charge in [0.1, 0.15) is 11.5 Å². The van der Waals surface area contributed by atoms with Gasteiger partial charge in [0, 0.05) is 18.2 Å². The van der Waals surface area contributed by atoms with Crippen LogP contribution >= 0.6 is 0 Å². The van der Waals surface area contributed by atoms with E-state index in [1.165, 1.54) is 22.3 Å². The van der Waals surface area contributed by atoms with E-state index in [2.05, 4.69) is 36.9 Å². The van der Waals surface area contributed by atoms with Crippen molar-refractivity contribution in [2.75, 3.05) is 19.7 Å². The fraction of sp³-hybridized carbons (Fsp3) is 0.429. The number of hydrogen-bond acceptors (Lipinski definition) is 3. The fourth-order valence-corrected chi connectivity index (χ4v) is 4.28. The first-order chi connectivity index (χ1) is 11.7. The summed E-state index contributed by atoms with van der Waals surface area (Å²) in [5.41, 5.74) is 6.21. The van der Waals surface area contributed by atoms with Crippen LogP contribution in [-0.2, 0) is 12.8 Å². The molecule has 0 radical (unpaired) electrons. The van der Waals surface area contributed by atoms with Gasteiger partial charge in [-0.2, -0.15) is 0 Å². The molecule has 1 atom stereocenters. The number of rotatable bonds is 4. The first-order valence-corrected chi connectivity index (χ1v) is 9.07. The minimum atomic E-state index is 0.384. The van der Waals surface area contributed by atoms with Gasteiger partial charge in [-0.15, -0.1) is 0 Å². The van der Waals surface area contributed by atoms with Crippen LogP contribution in [0.3, 0.4) is 0 Å². The molecule has 2 aliphatic rings. The summed E-state index contributed by atoms with van der Waals surface area (Å²) < 4.78 is 5.94. The minimum absolute atomic E-state index is 0.384. The summed E-state index contributed by atoms with van der Waals surface area (Å²) in [7, 11) is 0. The molecule has 3 nitrogen and oxygen atoms in total. The number of phenolic OH excluding ortho intramolecular Hbond substituents is 1. The Balaban J connectivity index is 1.92. The molecule has 126 valence electrons. The molecule has 0 saturated carbocycles. The van der Waals surface area contributed by atoms with Gasteiger partial charge in [0.15, 0.2) is 0 Å². The molecule has 4 rings (SSSR count). The van der Waals surface area contributed by atoms with Gasteiger partial charge in [-0.3, -0.25) is 4.90 Å². The zero-order valence-corrected chi connectivity index (χ0v) is 14.5. The maximum absolute atomic E-state index is 10.5. The van der Waals surface area contributed by atoms with E-state index in [0.717, 1.165) is 50.3 Å². The number of likely N-dealkylation sites (N-methyl/N-ethyl adjacent to an activating group) is 1. The lowest BCUT2D eigenvalue weighted by molar-refractivity contribution is 0.192. The Morgan fingerprint density at radius 1 is 1.21 bits per heavy atom. The van der Waals surface area contributed by atoms with Crippen LogP contribution in [0.15, 0.2) is 30.3 Å². The summed E-state index contributed by atoms with van der Waals surface area (Å²) in [5, 5.41) is 10.5. The largest absolute Gasteiger partial charge is 0.507 e. The van der Waals surface area contributed by atoms with E-state index in [1.54, 1.807) is 6.07 Å². The van der Waals surface area contributed by atoms with Crippen LogP contribution in [0.4, 0.5) is 0 Å². The van der Waals surface area contributed by atoms with E-state index in [0.29, 0.717) is 11.8 Å². The van der Waals surface area contributed by atoms with Gasteiger partial charge in [-0.1, -0.05) is 26.0 Å². The smallest absolute Gasteiger partial charge is 0.123 e. The molecule has 1 heterocycles. The standard InChI is InChI=1S/C21H25NO2/c1-3-10-24-16-11-15-8-9-22(4-2)18-12-14-6-5-7-19(23)21(14)17(13-16)20(15)18/h5-7,11,13,18,23H,3-4,8-10,12H2,1-2H3/t18-/m1/s1. The Morgan fingerprint density at radius 3 is 2.88 bits per heavy atom. The fourth-order valence-electron chi connectivity index (χ4n) is 4.28. The summed E-state index contributed by atoms with van der Waals surface area (Å²) >= 11 is 0. The normalized spacial score (nSPS) is 18.8. The van der Waals surface area contributed by atoms with Crippen molar-refractivity contribution >= 4 is 0 Å². The lowest BCUT2D eigenvalue weighted by Crippen LogP contribution is -2.38. The number of benzene rings is 2. The molecule has 2 aromatic carbocycles. The average molecular weight is 323 g/mol. The highest BCUT2D eigenvalue weighted by molar-refractivity contribution is 5.81. The third-order valence-corrected chi connectivity index (χ3v) is 5.37. The molecule has 0 aromatic heterocycles. The quantitative estimate of drug-likeness (QED) is 0.909. The number of phenols is 1. The molecule has 0 fully saturated rings. The molecule has 3 heteroatoms. The zero-order valence-electron chi connectivity index (χ0n) is 14.5. The lowest BCUT2D eigenvalue weighted by Gasteiger charge is -2.41. The van der Waals surface area contributed by atoms with Crippen molar-refractivity contribution in [1.82, 2.24) is 4.90 Å². The van der Waals surface area contributed by atoms with Crippen molar-refractivity contribution in [1.29, 1.82) is 0 Å². The Morgan fingerprint density at radius 2 is 2.08 bits per heavy atom. The first-order valence-electron chi connectivity index (χ1n) is 9.07. The van der Waals surface area contributed by atoms with Gasteiger partial charge < -0.3 is 9.84 Å². The molecule has 0 amide bonds. The highest BCUT2D eigenvalue weighted by atomic mass is 16.5. The summed E-state index contributed by atoms with van der Waals surface area (Å²) in [6.45, 7) is 7.25. The Labute approximate surface area is 143 Å². The van der Waals surface area contributed by atoms with Crippen LogP contribution in [0.2, 0.25) is 0 Å². The highest BCUT2D eigenvalue weighted by Gasteiger charge is 2.35. The van der Waals surface area contributed by atoms with Crippen molar-refractivity contribution < 1.29 is 9.84 Å². The minimum Gasteiger partial charge on any atom is -0.507 e. The van der Waals surface area contributed by atoms with Crippen molar-refractivity contribution in [2.45, 2.75) is 39.2 Å². The van der Waals surface area contributed by atoms with Crippen molar-refractivity contribution in [3.05, 3.63) is 47.0 Å². The predicted octanol–water partition coefficient (Wildman–Crippen LogP) is 4.32. The number of hydrogen-bond donors (Lipinski definition) is 1. The molecule has 0 spiro atoms. The molecular weight excluding hydrogens is 298 g/mol. The molecule has 0 saturated heterocycles. The Bertz CT molecular complexity index is 769. The number of ether oxygens (including phenoxy) is 1. The summed E-state index contributed by atoms with van der Waals surface area (Å²) in [4.78, 5) is 2.56. The number of fused-ring (bicyclic) bond motifs is 2. The summed E-state index contributed by atoms with van der Waals surface area (Å²) in [6.07, 6.45) is 3.03. The second-order valence-electron chi connectivity index (χ2n) is 6.80. The second kappa shape index (κ2) is 6.14. The first kappa shape index (κ1) is 15.5. The van der Waals surface area contributed by atoms with Crippen molar-refractivity contribution in [3.8, 4) is 22.6 Å². The van der Waals surface area contributed by atoms with E-state index in [-0.39, 0.29) is 0 Å². The number of aromatic hydroxyl groups is 1. The lowest BCUT2D eigenvalue weighted by atomic mass is 9.76. The van der Waals surface area contributed by atoms with Crippen LogP contribution in [0.1, 0.15) is 43.0 Å². The summed E-state index contributed by atoms with van der Waals surface area (Å²) in [6, 6.07) is 10.7. The maximum Gasteiger partial charge on any atom is 0.123 e. The SMILES string of the molecule is CCCOc1cc2c3c(c1)-c1c(O)cccc1C[C@H]3N(CC)CC2. The van der Waals surface area contributed by atoms with Crippen LogP contribution in [0, 0.1) is 0 Å². The van der Waals surface area contributed by atoms with Gasteiger partial charge >= 0.3 is 0 Å². The Kier molecular flexibility index (Phi) is 3.97. The van der Waals surface area contributed by atoms with Gasteiger partial charge in [-0.05, 0) is 66.3 Å². The van der Waals surface area contributed by atoms with Crippen LogP contribution < -0.4 is 4.74 Å². The van der Waals surface area contributed by atoms with E-state index in [1.807, 2.05) is 6.07 Å². The second-order valence-corrected chi connectivity index (χ2v) is 6.80. The van der Waals surface area contributed by atoms with E-state index in [4.69, 9.17) is 4.74 Å². The topological polar surface area (TPSA) is 32.7 Å². The summed E-state index contributed by atoms with van der Waals surface area (Å²) in [5.74, 6) is 1.32. The highest BCUT2D eigenvalue weighted by Crippen LogP contribution is 2.49. The Hall–Kier alpha value is -2.00. The van der Waals surface area contributed by atoms with E-state index >= 15 is 0 Å². The van der Waals surface area contributed by atoms with Crippen LogP contribution in [0.25, 0.3) is 11.1 Å². The zero-order chi connectivity index (χ0) is 16.7. The molecule has 0 bridgehead atoms. The van der Waals surface area contributed by atoms with Crippen molar-refractivity contribution in [3.63, 3.8) is 0 Å². The van der Waals surface area contributed by atoms with Gasteiger partial charge in [0.2, 0.25) is 0 Å². The third kappa shape index (κ3) is 2.39. The monoisotopic (exact) mass is 323 g/mol. The molecule has 24 heavy (non-hydrogen) atoms. The average Bonchev–Trinajstić information content (AvgIpc) is 2.60. The van der Waals surface area contributed by atoms with E-state index < -0.39 is 0 Å². The van der Waals surface area contributed by atoms with Gasteiger partial charge in [0.25, 0.3) is 0 Å². The molecule has 2 aromatic rings. The molecule has 0 unspecified atom stereocenters.